The van der Waals surface area contributed by atoms with Crippen LogP contribution in [0.2, 0.25) is 4.34 Å². The molecule has 1 aliphatic heterocycles. The van der Waals surface area contributed by atoms with Gasteiger partial charge in [-0.25, -0.2) is 0 Å². The molecule has 1 unspecified atom stereocenters. The predicted octanol–water partition coefficient (Wildman–Crippen LogP) is 1.83. The summed E-state index contributed by atoms with van der Waals surface area (Å²) in [7, 11) is 0. The van der Waals surface area contributed by atoms with Crippen molar-refractivity contribution in [2.24, 2.45) is 5.92 Å². The zero-order valence-corrected chi connectivity index (χ0v) is 9.92. The number of amides is 1. The molecule has 0 bridgehead atoms. The van der Waals surface area contributed by atoms with E-state index in [0.29, 0.717) is 17.4 Å². The molecule has 0 aromatic carbocycles. The number of rotatable bonds is 3. The lowest BCUT2D eigenvalue weighted by molar-refractivity contribution is -0.141. The Kier molecular flexibility index (Phi) is 3.16. The highest BCUT2D eigenvalue weighted by molar-refractivity contribution is 7.16. The quantitative estimate of drug-likeness (QED) is 0.901. The third-order valence-electron chi connectivity index (χ3n) is 2.54. The van der Waals surface area contributed by atoms with Crippen LogP contribution in [0.1, 0.15) is 11.3 Å². The van der Waals surface area contributed by atoms with Crippen LogP contribution in [0.3, 0.4) is 0 Å². The molecule has 6 heteroatoms. The van der Waals surface area contributed by atoms with Crippen molar-refractivity contribution in [2.75, 3.05) is 6.54 Å². The Morgan fingerprint density at radius 1 is 1.62 bits per heavy atom. The second-order valence-corrected chi connectivity index (χ2v) is 5.52. The van der Waals surface area contributed by atoms with Gasteiger partial charge < -0.3 is 10.0 Å². The van der Waals surface area contributed by atoms with Crippen molar-refractivity contribution in [3.63, 3.8) is 0 Å². The van der Waals surface area contributed by atoms with E-state index in [1.165, 1.54) is 11.3 Å². The SMILES string of the molecule is O=C(O)C1CC(=O)N(Cc2ccc(Cl)s2)C1. The van der Waals surface area contributed by atoms with Gasteiger partial charge in [0, 0.05) is 17.8 Å². The summed E-state index contributed by atoms with van der Waals surface area (Å²) < 4.78 is 0.677. The Morgan fingerprint density at radius 2 is 2.38 bits per heavy atom. The highest BCUT2D eigenvalue weighted by atomic mass is 35.5. The van der Waals surface area contributed by atoms with Crippen molar-refractivity contribution in [2.45, 2.75) is 13.0 Å². The summed E-state index contributed by atoms with van der Waals surface area (Å²) in [5.41, 5.74) is 0. The average Bonchev–Trinajstić information content (AvgIpc) is 2.75. The van der Waals surface area contributed by atoms with Gasteiger partial charge in [-0.1, -0.05) is 11.6 Å². The molecule has 16 heavy (non-hydrogen) atoms. The molecule has 1 aromatic rings. The zero-order valence-electron chi connectivity index (χ0n) is 8.35. The normalized spacial score (nSPS) is 20.4. The van der Waals surface area contributed by atoms with E-state index in [0.717, 1.165) is 4.88 Å². The first-order valence-electron chi connectivity index (χ1n) is 4.81. The van der Waals surface area contributed by atoms with Gasteiger partial charge in [-0.05, 0) is 12.1 Å². The number of carbonyl (C=O) groups is 2. The second-order valence-electron chi connectivity index (χ2n) is 3.72. The number of thiophene rings is 1. The van der Waals surface area contributed by atoms with Crippen molar-refractivity contribution in [1.82, 2.24) is 4.90 Å². The van der Waals surface area contributed by atoms with Gasteiger partial charge in [0.05, 0.1) is 16.8 Å². The van der Waals surface area contributed by atoms with Crippen LogP contribution in [-0.2, 0) is 16.1 Å². The van der Waals surface area contributed by atoms with Crippen LogP contribution in [0.15, 0.2) is 12.1 Å². The third kappa shape index (κ3) is 2.36. The summed E-state index contributed by atoms with van der Waals surface area (Å²) in [6, 6.07) is 3.63. The highest BCUT2D eigenvalue weighted by Gasteiger charge is 2.34. The number of carbonyl (C=O) groups excluding carboxylic acids is 1. The third-order valence-corrected chi connectivity index (χ3v) is 3.76. The van der Waals surface area contributed by atoms with E-state index in [9.17, 15) is 9.59 Å². The molecule has 1 aliphatic rings. The molecular weight excluding hydrogens is 250 g/mol. The number of nitrogens with zero attached hydrogens (tertiary/aromatic N) is 1. The van der Waals surface area contributed by atoms with Gasteiger partial charge in [-0.15, -0.1) is 11.3 Å². The molecule has 1 N–H and O–H groups in total. The molecule has 1 fully saturated rings. The number of likely N-dealkylation sites (tertiary alicyclic amines) is 1. The second kappa shape index (κ2) is 4.43. The summed E-state index contributed by atoms with van der Waals surface area (Å²) >= 11 is 7.19. The molecule has 1 aromatic heterocycles. The Labute approximate surface area is 101 Å². The summed E-state index contributed by atoms with van der Waals surface area (Å²) in [5.74, 6) is -1.57. The first-order chi connectivity index (χ1) is 7.56. The van der Waals surface area contributed by atoms with Gasteiger partial charge in [0.2, 0.25) is 5.91 Å². The maximum atomic E-state index is 11.5. The lowest BCUT2D eigenvalue weighted by Crippen LogP contribution is -2.25. The van der Waals surface area contributed by atoms with Crippen LogP contribution in [0.5, 0.6) is 0 Å². The molecule has 86 valence electrons. The van der Waals surface area contributed by atoms with Gasteiger partial charge in [0.1, 0.15) is 0 Å². The van der Waals surface area contributed by atoms with Gasteiger partial charge in [0.15, 0.2) is 0 Å². The number of hydrogen-bond donors (Lipinski definition) is 1. The topological polar surface area (TPSA) is 57.6 Å². The van der Waals surface area contributed by atoms with Crippen molar-refractivity contribution in [1.29, 1.82) is 0 Å². The zero-order chi connectivity index (χ0) is 11.7. The maximum absolute atomic E-state index is 11.5. The molecule has 0 saturated carbocycles. The first kappa shape index (κ1) is 11.4. The van der Waals surface area contributed by atoms with E-state index in [1.807, 2.05) is 6.07 Å². The molecule has 4 nitrogen and oxygen atoms in total. The molecular formula is C10H10ClNO3S. The average molecular weight is 260 g/mol. The number of halogens is 1. The summed E-state index contributed by atoms with van der Waals surface area (Å²) in [6.07, 6.45) is 0.106. The lowest BCUT2D eigenvalue weighted by Gasteiger charge is -2.14. The first-order valence-corrected chi connectivity index (χ1v) is 6.00. The van der Waals surface area contributed by atoms with Crippen LogP contribution in [0.4, 0.5) is 0 Å². The van der Waals surface area contributed by atoms with Crippen molar-refractivity contribution in [3.05, 3.63) is 21.3 Å². The van der Waals surface area contributed by atoms with E-state index in [1.54, 1.807) is 11.0 Å². The minimum Gasteiger partial charge on any atom is -0.481 e. The molecule has 0 radical (unpaired) electrons. The maximum Gasteiger partial charge on any atom is 0.308 e. The standard InChI is InChI=1S/C10H10ClNO3S/c11-8-2-1-7(16-8)5-12-4-6(10(14)15)3-9(12)13/h1-2,6H,3-5H2,(H,14,15). The number of carboxylic acids is 1. The Hall–Kier alpha value is -1.07. The van der Waals surface area contributed by atoms with Crippen molar-refractivity contribution in [3.8, 4) is 0 Å². The van der Waals surface area contributed by atoms with E-state index in [2.05, 4.69) is 0 Å². The summed E-state index contributed by atoms with van der Waals surface area (Å²) in [5, 5.41) is 8.82. The smallest absolute Gasteiger partial charge is 0.308 e. The fourth-order valence-electron chi connectivity index (χ4n) is 1.72. The largest absolute Gasteiger partial charge is 0.481 e. The Balaban J connectivity index is 2.01. The van der Waals surface area contributed by atoms with E-state index >= 15 is 0 Å². The van der Waals surface area contributed by atoms with Crippen molar-refractivity contribution < 1.29 is 14.7 Å². The number of hydrogen-bond acceptors (Lipinski definition) is 3. The molecule has 0 spiro atoms. The molecule has 1 atom stereocenters. The summed E-state index contributed by atoms with van der Waals surface area (Å²) in [4.78, 5) is 24.8. The highest BCUT2D eigenvalue weighted by Crippen LogP contribution is 2.26. The lowest BCUT2D eigenvalue weighted by atomic mass is 10.1. The minimum atomic E-state index is -0.903. The van der Waals surface area contributed by atoms with Crippen LogP contribution in [0, 0.1) is 5.92 Å². The van der Waals surface area contributed by atoms with E-state index < -0.39 is 11.9 Å². The number of aliphatic carboxylic acids is 1. The van der Waals surface area contributed by atoms with Gasteiger partial charge in [-0.2, -0.15) is 0 Å². The predicted molar refractivity (Wildman–Crippen MR) is 60.5 cm³/mol. The fourth-order valence-corrected chi connectivity index (χ4v) is 2.82. The van der Waals surface area contributed by atoms with E-state index in [-0.39, 0.29) is 12.3 Å². The van der Waals surface area contributed by atoms with Crippen LogP contribution >= 0.6 is 22.9 Å². The van der Waals surface area contributed by atoms with Crippen LogP contribution in [0.25, 0.3) is 0 Å². The number of carboxylic acid groups (broad SMARTS) is 1. The molecule has 1 amide bonds. The van der Waals surface area contributed by atoms with E-state index in [4.69, 9.17) is 16.7 Å². The van der Waals surface area contributed by atoms with Gasteiger partial charge in [0.25, 0.3) is 0 Å². The van der Waals surface area contributed by atoms with Crippen LogP contribution in [-0.4, -0.2) is 28.4 Å². The Bertz CT molecular complexity index is 431. The summed E-state index contributed by atoms with van der Waals surface area (Å²) in [6.45, 7) is 0.754. The van der Waals surface area contributed by atoms with Gasteiger partial charge in [-0.3, -0.25) is 9.59 Å². The molecule has 2 heterocycles. The van der Waals surface area contributed by atoms with Gasteiger partial charge >= 0.3 is 5.97 Å². The van der Waals surface area contributed by atoms with Crippen molar-refractivity contribution >= 4 is 34.8 Å². The van der Waals surface area contributed by atoms with Crippen LogP contribution < -0.4 is 0 Å². The molecule has 2 rings (SSSR count). The minimum absolute atomic E-state index is 0.100. The molecule has 0 aliphatic carbocycles. The fraction of sp³-hybridized carbons (Fsp3) is 0.400. The molecule has 1 saturated heterocycles. The Morgan fingerprint density at radius 3 is 2.88 bits per heavy atom. The monoisotopic (exact) mass is 259 g/mol.